The van der Waals surface area contributed by atoms with Gasteiger partial charge in [0.1, 0.15) is 27.5 Å². The first-order valence-corrected chi connectivity index (χ1v) is 9.34. The van der Waals surface area contributed by atoms with Gasteiger partial charge in [-0.05, 0) is 36.4 Å². The van der Waals surface area contributed by atoms with Gasteiger partial charge < -0.3 is 4.42 Å². The Morgan fingerprint density at radius 3 is 2.54 bits per heavy atom. The molecule has 0 saturated carbocycles. The van der Waals surface area contributed by atoms with Crippen LogP contribution in [0.2, 0.25) is 0 Å². The molecule has 1 spiro atoms. The lowest BCUT2D eigenvalue weighted by Crippen LogP contribution is -2.71. The molecular formula is C24H14N2O2+2. The Morgan fingerprint density at radius 1 is 0.750 bits per heavy atom. The number of nitrogens with zero attached hydrogens (tertiary/aromatic N) is 2. The predicted molar refractivity (Wildman–Crippen MR) is 104 cm³/mol. The molecule has 4 heteroatoms. The molecule has 28 heavy (non-hydrogen) atoms. The monoisotopic (exact) mass is 362 g/mol. The van der Waals surface area contributed by atoms with Crippen LogP contribution in [0.3, 0.4) is 0 Å². The zero-order valence-corrected chi connectivity index (χ0v) is 14.8. The normalized spacial score (nSPS) is 18.3. The third-order valence-electron chi connectivity index (χ3n) is 6.19. The summed E-state index contributed by atoms with van der Waals surface area (Å²) in [7, 11) is 0. The van der Waals surface area contributed by atoms with E-state index in [-0.39, 0.29) is 5.63 Å². The number of fused-ring (bicyclic) bond motifs is 7. The van der Waals surface area contributed by atoms with E-state index in [1.54, 1.807) is 0 Å². The van der Waals surface area contributed by atoms with Gasteiger partial charge in [0, 0.05) is 18.2 Å². The molecule has 5 aromatic rings. The molecule has 5 heterocycles. The van der Waals surface area contributed by atoms with Crippen molar-refractivity contribution in [3.8, 4) is 11.3 Å². The molecule has 2 aliphatic rings. The van der Waals surface area contributed by atoms with E-state index in [1.165, 1.54) is 11.1 Å². The third-order valence-corrected chi connectivity index (χ3v) is 6.19. The van der Waals surface area contributed by atoms with Crippen LogP contribution < -0.4 is 14.8 Å². The summed E-state index contributed by atoms with van der Waals surface area (Å²) < 4.78 is 10.2. The molecule has 3 aromatic heterocycles. The summed E-state index contributed by atoms with van der Waals surface area (Å²) in [5, 5.41) is 1.62. The van der Waals surface area contributed by atoms with E-state index < -0.39 is 5.66 Å². The first-order chi connectivity index (χ1) is 13.8. The van der Waals surface area contributed by atoms with Crippen molar-refractivity contribution in [3.63, 3.8) is 0 Å². The van der Waals surface area contributed by atoms with Crippen LogP contribution in [-0.2, 0) is 5.66 Å². The molecule has 2 aromatic carbocycles. The second-order valence-corrected chi connectivity index (χ2v) is 7.38. The molecule has 7 rings (SSSR count). The summed E-state index contributed by atoms with van der Waals surface area (Å²) in [5.41, 5.74) is 5.40. The van der Waals surface area contributed by atoms with Crippen LogP contribution in [0, 0.1) is 0 Å². The van der Waals surface area contributed by atoms with Crippen molar-refractivity contribution >= 4 is 21.9 Å². The highest BCUT2D eigenvalue weighted by atomic mass is 16.4. The third kappa shape index (κ3) is 1.34. The molecule has 1 atom stereocenters. The summed E-state index contributed by atoms with van der Waals surface area (Å²) in [6.45, 7) is 0. The van der Waals surface area contributed by atoms with E-state index in [2.05, 4.69) is 70.1 Å². The van der Waals surface area contributed by atoms with Crippen LogP contribution in [0.4, 0.5) is 0 Å². The van der Waals surface area contributed by atoms with Crippen molar-refractivity contribution in [1.82, 2.24) is 0 Å². The van der Waals surface area contributed by atoms with Gasteiger partial charge in [0.05, 0.1) is 5.56 Å². The largest absolute Gasteiger partial charge is 0.422 e. The van der Waals surface area contributed by atoms with Gasteiger partial charge in [-0.15, -0.1) is 9.13 Å². The Kier molecular flexibility index (Phi) is 2.32. The van der Waals surface area contributed by atoms with Crippen LogP contribution in [0.1, 0.15) is 11.1 Å². The number of hydrogen-bond donors (Lipinski definition) is 0. The summed E-state index contributed by atoms with van der Waals surface area (Å²) >= 11 is 0. The highest BCUT2D eigenvalue weighted by molar-refractivity contribution is 6.04. The molecule has 0 bridgehead atoms. The molecule has 4 nitrogen and oxygen atoms in total. The van der Waals surface area contributed by atoms with Crippen LogP contribution in [0.5, 0.6) is 0 Å². The van der Waals surface area contributed by atoms with Gasteiger partial charge in [0.2, 0.25) is 11.2 Å². The zero-order valence-electron chi connectivity index (χ0n) is 14.8. The first-order valence-electron chi connectivity index (χ1n) is 9.34. The van der Waals surface area contributed by atoms with Gasteiger partial charge >= 0.3 is 11.3 Å². The fourth-order valence-corrected chi connectivity index (χ4v) is 5.24. The summed E-state index contributed by atoms with van der Waals surface area (Å²) in [5.74, 6) is 0. The van der Waals surface area contributed by atoms with Crippen LogP contribution in [-0.4, -0.2) is 0 Å². The van der Waals surface area contributed by atoms with E-state index >= 15 is 0 Å². The fraction of sp³-hybridized carbons (Fsp3) is 0.0417. The Bertz CT molecular complexity index is 1500. The molecular weight excluding hydrogens is 348 g/mol. The number of pyridine rings is 2. The van der Waals surface area contributed by atoms with Gasteiger partial charge in [0.25, 0.3) is 0 Å². The van der Waals surface area contributed by atoms with E-state index in [0.717, 1.165) is 22.2 Å². The second kappa shape index (κ2) is 4.54. The quantitative estimate of drug-likeness (QED) is 0.236. The maximum Gasteiger partial charge on any atom is 0.417 e. The lowest BCUT2D eigenvalue weighted by Gasteiger charge is -2.17. The predicted octanol–water partition coefficient (Wildman–Crippen LogP) is 3.11. The Hall–Kier alpha value is -3.79. The highest BCUT2D eigenvalue weighted by Gasteiger charge is 2.65. The van der Waals surface area contributed by atoms with Crippen LogP contribution in [0.15, 0.2) is 94.4 Å². The lowest BCUT2D eigenvalue weighted by atomic mass is 9.90. The molecule has 0 saturated heterocycles. The second-order valence-electron chi connectivity index (χ2n) is 7.38. The van der Waals surface area contributed by atoms with E-state index in [9.17, 15) is 4.79 Å². The molecule has 0 fully saturated rings. The maximum absolute atomic E-state index is 12.7. The molecule has 0 aliphatic carbocycles. The van der Waals surface area contributed by atoms with Crippen LogP contribution >= 0.6 is 0 Å². The molecule has 1 unspecified atom stereocenters. The standard InChI is InChI=1S/C24H14N2O2/c27-23-16-8-6-14-26-22(16)21-18(10-5-12-20(21)28-23)24(26)17-9-2-1-7-15(17)19-11-3-4-13-25(19)24/h1-14H/q+2. The summed E-state index contributed by atoms with van der Waals surface area (Å²) in [4.78, 5) is 12.7. The van der Waals surface area contributed by atoms with Crippen molar-refractivity contribution in [2.24, 2.45) is 0 Å². The lowest BCUT2D eigenvalue weighted by molar-refractivity contribution is -0.950. The van der Waals surface area contributed by atoms with E-state index in [4.69, 9.17) is 4.42 Å². The number of benzene rings is 2. The number of hydrogen-bond acceptors (Lipinski definition) is 2. The number of aromatic nitrogens is 2. The Labute approximate surface area is 159 Å². The fourth-order valence-electron chi connectivity index (χ4n) is 5.24. The zero-order chi connectivity index (χ0) is 18.5. The van der Waals surface area contributed by atoms with Crippen molar-refractivity contribution in [2.45, 2.75) is 5.66 Å². The van der Waals surface area contributed by atoms with Gasteiger partial charge in [0.15, 0.2) is 12.4 Å². The van der Waals surface area contributed by atoms with Crippen molar-refractivity contribution < 1.29 is 13.6 Å². The smallest absolute Gasteiger partial charge is 0.417 e. The summed E-state index contributed by atoms with van der Waals surface area (Å²) in [6.07, 6.45) is 4.20. The van der Waals surface area contributed by atoms with E-state index in [1.807, 2.05) is 24.3 Å². The van der Waals surface area contributed by atoms with E-state index in [0.29, 0.717) is 11.0 Å². The van der Waals surface area contributed by atoms with Gasteiger partial charge in [-0.25, -0.2) is 4.79 Å². The molecule has 130 valence electrons. The van der Waals surface area contributed by atoms with Crippen molar-refractivity contribution in [2.75, 3.05) is 0 Å². The topological polar surface area (TPSA) is 38.0 Å². The minimum absolute atomic E-state index is 0.296. The molecule has 0 radical (unpaired) electrons. The average molecular weight is 362 g/mol. The minimum Gasteiger partial charge on any atom is -0.422 e. The first kappa shape index (κ1) is 14.3. The van der Waals surface area contributed by atoms with Crippen molar-refractivity contribution in [1.29, 1.82) is 0 Å². The molecule has 0 amide bonds. The van der Waals surface area contributed by atoms with Gasteiger partial charge in [-0.2, -0.15) is 0 Å². The molecule has 2 aliphatic heterocycles. The van der Waals surface area contributed by atoms with Crippen LogP contribution in [0.25, 0.3) is 33.1 Å². The van der Waals surface area contributed by atoms with Crippen molar-refractivity contribution in [3.05, 3.63) is 107 Å². The Morgan fingerprint density at radius 2 is 1.57 bits per heavy atom. The SMILES string of the molecule is O=c1oc2cccc3c2c2c1ccc[n+]2C31c2ccccc2-c2cccc[n+]21. The Balaban J connectivity index is 1.83. The highest BCUT2D eigenvalue weighted by Crippen LogP contribution is 2.46. The molecule has 0 N–H and O–H groups in total. The van der Waals surface area contributed by atoms with Gasteiger partial charge in [-0.3, -0.25) is 0 Å². The maximum atomic E-state index is 12.7. The average Bonchev–Trinajstić information content (AvgIpc) is 3.21. The van der Waals surface area contributed by atoms with Gasteiger partial charge in [-0.1, -0.05) is 18.2 Å². The number of rotatable bonds is 0. The summed E-state index contributed by atoms with van der Waals surface area (Å²) in [6, 6.07) is 24.6. The minimum atomic E-state index is -0.572.